The zero-order chi connectivity index (χ0) is 49.9. The van der Waals surface area contributed by atoms with Crippen LogP contribution >= 0.6 is 0 Å². The lowest BCUT2D eigenvalue weighted by Crippen LogP contribution is -2.25. The average molecular weight is 967 g/mol. The minimum atomic E-state index is -0.393. The predicted molar refractivity (Wildman–Crippen MR) is 315 cm³/mol. The highest BCUT2D eigenvalue weighted by Crippen LogP contribution is 2.63. The quantitative estimate of drug-likeness (QED) is 0.159. The van der Waals surface area contributed by atoms with Gasteiger partial charge in [0.25, 0.3) is 0 Å². The molecule has 3 heteroatoms. The van der Waals surface area contributed by atoms with Gasteiger partial charge in [-0.25, -0.2) is 0 Å². The molecule has 0 aliphatic heterocycles. The first-order valence-corrected chi connectivity index (χ1v) is 26.2. The highest BCUT2D eigenvalue weighted by Gasteiger charge is 2.51. The molecule has 14 aromatic rings. The van der Waals surface area contributed by atoms with Crippen molar-refractivity contribution in [3.8, 4) is 61.3 Å². The molecule has 0 saturated heterocycles. The number of furan rings is 1. The van der Waals surface area contributed by atoms with Crippen molar-refractivity contribution in [1.29, 1.82) is 0 Å². The fourth-order valence-electron chi connectivity index (χ4n) is 13.3. The molecule has 0 radical (unpaired) electrons. The predicted octanol–water partition coefficient (Wildman–Crippen LogP) is 19.5. The van der Waals surface area contributed by atoms with Gasteiger partial charge in [0.15, 0.2) is 0 Å². The van der Waals surface area contributed by atoms with Crippen LogP contribution in [0.3, 0.4) is 0 Å². The Morgan fingerprint density at radius 3 is 1.58 bits per heavy atom. The largest absolute Gasteiger partial charge is 0.455 e. The Hall–Kier alpha value is -9.96. The lowest BCUT2D eigenvalue weighted by Gasteiger charge is -2.30. The van der Waals surface area contributed by atoms with Gasteiger partial charge in [-0.1, -0.05) is 224 Å². The van der Waals surface area contributed by atoms with Crippen LogP contribution in [-0.2, 0) is 5.41 Å². The Bertz CT molecular complexity index is 4590. The lowest BCUT2D eigenvalue weighted by molar-refractivity contribution is 0.670. The number of aromatic nitrogens is 1. The number of hydrogen-bond donors (Lipinski definition) is 0. The molecule has 0 atom stereocenters. The number of nitrogens with zero attached hydrogens (tertiary/aromatic N) is 2. The summed E-state index contributed by atoms with van der Waals surface area (Å²) in [6.45, 7) is 0. The summed E-state index contributed by atoms with van der Waals surface area (Å²) in [5.41, 5.74) is 25.3. The van der Waals surface area contributed by atoms with E-state index in [0.717, 1.165) is 78.0 Å². The molecule has 1 spiro atoms. The number of hydrogen-bond acceptors (Lipinski definition) is 2. The van der Waals surface area contributed by atoms with Gasteiger partial charge in [0.1, 0.15) is 11.2 Å². The molecule has 2 aliphatic rings. The van der Waals surface area contributed by atoms with Gasteiger partial charge < -0.3 is 13.9 Å². The Morgan fingerprint density at radius 1 is 0.316 bits per heavy atom. The van der Waals surface area contributed by atoms with Crippen molar-refractivity contribution in [3.05, 3.63) is 301 Å². The van der Waals surface area contributed by atoms with E-state index in [4.69, 9.17) is 4.42 Å². The molecular formula is C73H46N2O. The molecule has 0 amide bonds. The Balaban J connectivity index is 0.881. The van der Waals surface area contributed by atoms with Crippen LogP contribution in [0.5, 0.6) is 0 Å². The number of anilines is 3. The monoisotopic (exact) mass is 966 g/mol. The standard InChI is InChI=1S/C73H46N2O/c1-3-19-47(20-4-1)48-37-40-51(41-38-48)74(66-33-15-10-23-53(66)49-21-5-2-6-22-49)52-42-43-59-58-27-11-16-34-67(58)75(69(59)46-52)68-35-18-36-70-71(68)60-29-17-28-54(72(60)76-70)50-39-44-65-61(45-50)57-26-9-14-32-64(57)73(65)62-30-12-7-24-55(62)56-25-8-13-31-63(56)73/h1-46H. The highest BCUT2D eigenvalue weighted by molar-refractivity contribution is 6.17. The van der Waals surface area contributed by atoms with Gasteiger partial charge in [-0.05, 0) is 121 Å². The summed E-state index contributed by atoms with van der Waals surface area (Å²) < 4.78 is 9.59. The van der Waals surface area contributed by atoms with Crippen LogP contribution in [-0.4, -0.2) is 4.57 Å². The minimum Gasteiger partial charge on any atom is -0.455 e. The molecule has 2 aromatic heterocycles. The van der Waals surface area contributed by atoms with Crippen molar-refractivity contribution >= 4 is 60.8 Å². The summed E-state index contributed by atoms with van der Waals surface area (Å²) >= 11 is 0. The van der Waals surface area contributed by atoms with Crippen LogP contribution in [0.15, 0.2) is 283 Å². The van der Waals surface area contributed by atoms with E-state index >= 15 is 0 Å². The number of rotatable bonds is 7. The molecule has 0 fully saturated rings. The minimum absolute atomic E-state index is 0.393. The Kier molecular flexibility index (Phi) is 9.25. The topological polar surface area (TPSA) is 21.3 Å². The van der Waals surface area contributed by atoms with Gasteiger partial charge in [-0.3, -0.25) is 0 Å². The maximum Gasteiger partial charge on any atom is 0.143 e. The van der Waals surface area contributed by atoms with Crippen molar-refractivity contribution in [1.82, 2.24) is 4.57 Å². The first-order chi connectivity index (χ1) is 37.7. The van der Waals surface area contributed by atoms with E-state index in [1.54, 1.807) is 0 Å². The second-order valence-electron chi connectivity index (χ2n) is 20.3. The van der Waals surface area contributed by atoms with E-state index < -0.39 is 5.41 Å². The van der Waals surface area contributed by atoms with E-state index in [2.05, 4.69) is 289 Å². The van der Waals surface area contributed by atoms with E-state index in [0.29, 0.717) is 0 Å². The third-order valence-electron chi connectivity index (χ3n) is 16.4. The maximum absolute atomic E-state index is 7.13. The second-order valence-corrected chi connectivity index (χ2v) is 20.3. The molecule has 2 aliphatic carbocycles. The first-order valence-electron chi connectivity index (χ1n) is 26.2. The van der Waals surface area contributed by atoms with Crippen molar-refractivity contribution in [3.63, 3.8) is 0 Å². The van der Waals surface area contributed by atoms with Crippen molar-refractivity contribution in [2.45, 2.75) is 5.41 Å². The fraction of sp³-hybridized carbons (Fsp3) is 0.0137. The summed E-state index contributed by atoms with van der Waals surface area (Å²) in [4.78, 5) is 2.42. The van der Waals surface area contributed by atoms with Crippen LogP contribution in [0.2, 0.25) is 0 Å². The third-order valence-corrected chi connectivity index (χ3v) is 16.4. The number of benzene rings is 12. The lowest BCUT2D eigenvalue weighted by atomic mass is 9.70. The zero-order valence-electron chi connectivity index (χ0n) is 41.4. The van der Waals surface area contributed by atoms with Crippen LogP contribution in [0.25, 0.3) is 105 Å². The molecule has 0 N–H and O–H groups in total. The summed E-state index contributed by atoms with van der Waals surface area (Å²) in [5.74, 6) is 0. The molecule has 12 aromatic carbocycles. The van der Waals surface area contributed by atoms with Gasteiger partial charge in [0, 0.05) is 38.7 Å². The zero-order valence-corrected chi connectivity index (χ0v) is 41.4. The summed E-state index contributed by atoms with van der Waals surface area (Å²) in [7, 11) is 0. The van der Waals surface area contributed by atoms with E-state index in [-0.39, 0.29) is 0 Å². The highest BCUT2D eigenvalue weighted by atomic mass is 16.3. The number of fused-ring (bicyclic) bond motifs is 16. The van der Waals surface area contributed by atoms with Crippen LogP contribution < -0.4 is 4.90 Å². The summed E-state index contributed by atoms with van der Waals surface area (Å²) in [6, 6.07) is 102. The third kappa shape index (κ3) is 6.05. The molecular weight excluding hydrogens is 921 g/mol. The van der Waals surface area contributed by atoms with Gasteiger partial charge in [0.05, 0.1) is 33.2 Å². The molecule has 0 unspecified atom stereocenters. The molecule has 0 saturated carbocycles. The SMILES string of the molecule is c1ccc(-c2ccc(N(c3ccc4c5ccccc5n(-c5cccc6oc7c(-c8ccc9c(c8)-c8ccccc8C98c9ccccc9-c9ccccc98)cccc7c56)c4c3)c3ccccc3-c3ccccc3)cc2)cc1. The molecule has 76 heavy (non-hydrogen) atoms. The van der Waals surface area contributed by atoms with Crippen LogP contribution in [0.1, 0.15) is 22.3 Å². The van der Waals surface area contributed by atoms with E-state index in [1.807, 2.05) is 0 Å². The van der Waals surface area contributed by atoms with Crippen molar-refractivity contribution in [2.24, 2.45) is 0 Å². The normalized spacial score (nSPS) is 12.8. The van der Waals surface area contributed by atoms with Gasteiger partial charge in [-0.2, -0.15) is 0 Å². The Morgan fingerprint density at radius 2 is 0.842 bits per heavy atom. The average Bonchev–Trinajstić information content (AvgIpc) is 4.39. The van der Waals surface area contributed by atoms with Crippen LogP contribution in [0.4, 0.5) is 17.1 Å². The Labute approximate surface area is 440 Å². The molecule has 0 bridgehead atoms. The second kappa shape index (κ2) is 16.5. The fourth-order valence-corrected chi connectivity index (χ4v) is 13.3. The molecule has 2 heterocycles. The smallest absolute Gasteiger partial charge is 0.143 e. The first kappa shape index (κ1) is 42.5. The summed E-state index contributed by atoms with van der Waals surface area (Å²) in [5, 5.41) is 4.55. The van der Waals surface area contributed by atoms with Crippen LogP contribution in [0, 0.1) is 0 Å². The maximum atomic E-state index is 7.13. The summed E-state index contributed by atoms with van der Waals surface area (Å²) in [6.07, 6.45) is 0. The van der Waals surface area contributed by atoms with E-state index in [9.17, 15) is 0 Å². The van der Waals surface area contributed by atoms with Gasteiger partial charge in [-0.15, -0.1) is 0 Å². The molecule has 354 valence electrons. The van der Waals surface area contributed by atoms with E-state index in [1.165, 1.54) is 66.4 Å². The van der Waals surface area contributed by atoms with Gasteiger partial charge in [0.2, 0.25) is 0 Å². The molecule has 3 nitrogen and oxygen atoms in total. The van der Waals surface area contributed by atoms with Crippen molar-refractivity contribution < 1.29 is 4.42 Å². The van der Waals surface area contributed by atoms with Crippen molar-refractivity contribution in [2.75, 3.05) is 4.90 Å². The number of para-hydroxylation sites is 3. The molecule has 16 rings (SSSR count). The van der Waals surface area contributed by atoms with Gasteiger partial charge >= 0.3 is 0 Å².